The molecule has 3 rings (SSSR count). The minimum atomic E-state index is -0.505. The van der Waals surface area contributed by atoms with Crippen molar-refractivity contribution in [2.75, 3.05) is 0 Å². The molecule has 0 aromatic heterocycles. The number of nitrogens with two attached hydrogens (primary N) is 3. The molecule has 6 N–H and O–H groups in total. The lowest BCUT2D eigenvalue weighted by Gasteiger charge is -2.07. The van der Waals surface area contributed by atoms with Crippen LogP contribution in [0.3, 0.4) is 0 Å². The summed E-state index contributed by atoms with van der Waals surface area (Å²) < 4.78 is 5.39. The molecule has 130 valence electrons. The molecule has 7 nitrogen and oxygen atoms in total. The van der Waals surface area contributed by atoms with Crippen LogP contribution >= 0.6 is 0 Å². The number of guanidine groups is 1. The van der Waals surface area contributed by atoms with Gasteiger partial charge in [0.15, 0.2) is 5.96 Å². The molecular weight excluding hydrogens is 332 g/mol. The first-order valence-corrected chi connectivity index (χ1v) is 7.68. The van der Waals surface area contributed by atoms with E-state index in [1.54, 1.807) is 60.7 Å². The molecule has 26 heavy (non-hydrogen) atoms. The van der Waals surface area contributed by atoms with Gasteiger partial charge in [0.1, 0.15) is 5.75 Å². The number of esters is 1. The van der Waals surface area contributed by atoms with E-state index in [4.69, 9.17) is 21.9 Å². The first-order chi connectivity index (χ1) is 12.4. The zero-order valence-electron chi connectivity index (χ0n) is 13.7. The summed E-state index contributed by atoms with van der Waals surface area (Å²) in [5.74, 6) is -0.667. The largest absolute Gasteiger partial charge is 0.423 e. The molecule has 0 saturated carbocycles. The number of aliphatic imine (C=N–C) groups is 1. The van der Waals surface area contributed by atoms with E-state index in [0.29, 0.717) is 22.6 Å². The molecule has 0 spiro atoms. The second kappa shape index (κ2) is 6.94. The van der Waals surface area contributed by atoms with Crippen molar-refractivity contribution in [2.45, 2.75) is 0 Å². The van der Waals surface area contributed by atoms with Crippen LogP contribution in [0.15, 0.2) is 65.7 Å². The van der Waals surface area contributed by atoms with Gasteiger partial charge in [-0.05, 0) is 59.3 Å². The van der Waals surface area contributed by atoms with Crippen molar-refractivity contribution in [3.8, 4) is 5.75 Å². The lowest BCUT2D eigenvalue weighted by Crippen LogP contribution is -2.21. The van der Waals surface area contributed by atoms with Crippen LogP contribution < -0.4 is 21.9 Å². The fourth-order valence-electron chi connectivity index (χ4n) is 2.43. The summed E-state index contributed by atoms with van der Waals surface area (Å²) in [6, 6.07) is 16.6. The van der Waals surface area contributed by atoms with Crippen molar-refractivity contribution in [3.63, 3.8) is 0 Å². The summed E-state index contributed by atoms with van der Waals surface area (Å²) >= 11 is 0. The number of benzene rings is 3. The van der Waals surface area contributed by atoms with E-state index in [2.05, 4.69) is 4.99 Å². The molecule has 0 heterocycles. The first kappa shape index (κ1) is 17.0. The molecule has 0 fully saturated rings. The molecule has 0 saturated heterocycles. The Balaban J connectivity index is 1.79. The van der Waals surface area contributed by atoms with Gasteiger partial charge in [-0.15, -0.1) is 0 Å². The number of hydrogen-bond donors (Lipinski definition) is 3. The van der Waals surface area contributed by atoms with Crippen LogP contribution in [0.2, 0.25) is 0 Å². The Hall–Kier alpha value is -3.87. The third kappa shape index (κ3) is 3.78. The van der Waals surface area contributed by atoms with Gasteiger partial charge in [-0.1, -0.05) is 12.1 Å². The van der Waals surface area contributed by atoms with E-state index < -0.39 is 11.9 Å². The van der Waals surface area contributed by atoms with Crippen LogP contribution in [0.5, 0.6) is 5.75 Å². The second-order valence-corrected chi connectivity index (χ2v) is 5.56. The van der Waals surface area contributed by atoms with E-state index in [-0.39, 0.29) is 5.96 Å². The zero-order valence-corrected chi connectivity index (χ0v) is 13.7. The highest BCUT2D eigenvalue weighted by molar-refractivity contribution is 5.98. The minimum Gasteiger partial charge on any atom is -0.423 e. The predicted octanol–water partition coefficient (Wildman–Crippen LogP) is 2.06. The number of hydrogen-bond acceptors (Lipinski definition) is 4. The normalized spacial score (nSPS) is 10.3. The van der Waals surface area contributed by atoms with E-state index in [9.17, 15) is 9.59 Å². The number of carbonyl (C=O) groups is 2. The molecule has 3 aromatic rings. The van der Waals surface area contributed by atoms with Gasteiger partial charge in [-0.2, -0.15) is 0 Å². The summed E-state index contributed by atoms with van der Waals surface area (Å²) in [7, 11) is 0. The lowest BCUT2D eigenvalue weighted by molar-refractivity contribution is 0.0735. The molecule has 0 bridgehead atoms. The van der Waals surface area contributed by atoms with Gasteiger partial charge in [-0.25, -0.2) is 9.79 Å². The van der Waals surface area contributed by atoms with E-state index in [1.165, 1.54) is 0 Å². The monoisotopic (exact) mass is 348 g/mol. The number of carbonyl (C=O) groups excluding carboxylic acids is 2. The second-order valence-electron chi connectivity index (χ2n) is 5.56. The van der Waals surface area contributed by atoms with Crippen molar-refractivity contribution in [2.24, 2.45) is 22.2 Å². The summed E-state index contributed by atoms with van der Waals surface area (Å²) in [6.07, 6.45) is 0. The Labute approximate surface area is 149 Å². The first-order valence-electron chi connectivity index (χ1n) is 7.68. The number of nitrogens with zero attached hydrogens (tertiary/aromatic N) is 1. The average Bonchev–Trinajstić information content (AvgIpc) is 2.61. The van der Waals surface area contributed by atoms with Crippen molar-refractivity contribution in [1.82, 2.24) is 0 Å². The molecule has 0 aliphatic heterocycles. The van der Waals surface area contributed by atoms with Gasteiger partial charge in [0, 0.05) is 5.56 Å². The lowest BCUT2D eigenvalue weighted by atomic mass is 10.1. The van der Waals surface area contributed by atoms with Gasteiger partial charge in [-0.3, -0.25) is 4.79 Å². The van der Waals surface area contributed by atoms with Gasteiger partial charge < -0.3 is 21.9 Å². The Kier molecular flexibility index (Phi) is 4.53. The fraction of sp³-hybridized carbons (Fsp3) is 0. The third-order valence-corrected chi connectivity index (χ3v) is 3.67. The van der Waals surface area contributed by atoms with Crippen LogP contribution in [0.4, 0.5) is 5.69 Å². The molecule has 0 atom stereocenters. The SMILES string of the molecule is NC(=O)c1ccc2cc(OC(=O)c3ccc(N=C(N)N)cc3)ccc2c1. The zero-order chi connectivity index (χ0) is 18.7. The summed E-state index contributed by atoms with van der Waals surface area (Å²) in [5, 5.41) is 1.64. The maximum atomic E-state index is 12.3. The predicted molar refractivity (Wildman–Crippen MR) is 99.3 cm³/mol. The number of rotatable bonds is 4. The van der Waals surface area contributed by atoms with Crippen molar-refractivity contribution in [3.05, 3.63) is 71.8 Å². The Morgan fingerprint density at radius 1 is 0.769 bits per heavy atom. The van der Waals surface area contributed by atoms with E-state index in [1.807, 2.05) is 0 Å². The molecule has 0 aliphatic carbocycles. The summed E-state index contributed by atoms with van der Waals surface area (Å²) in [6.45, 7) is 0. The standard InChI is InChI=1S/C19H16N4O3/c20-17(24)14-2-1-13-10-16(8-5-12(13)9-14)26-18(25)11-3-6-15(7-4-11)23-19(21)22/h1-10H,(H2,20,24)(H4,21,22,23). The molecule has 0 radical (unpaired) electrons. The summed E-state index contributed by atoms with van der Waals surface area (Å²) in [4.78, 5) is 27.4. The van der Waals surface area contributed by atoms with Gasteiger partial charge >= 0.3 is 5.97 Å². The van der Waals surface area contributed by atoms with Crippen molar-refractivity contribution in [1.29, 1.82) is 0 Å². The number of fused-ring (bicyclic) bond motifs is 1. The van der Waals surface area contributed by atoms with Crippen LogP contribution in [0, 0.1) is 0 Å². The van der Waals surface area contributed by atoms with E-state index >= 15 is 0 Å². The van der Waals surface area contributed by atoms with Gasteiger partial charge in [0.25, 0.3) is 0 Å². The van der Waals surface area contributed by atoms with Crippen LogP contribution in [0.25, 0.3) is 10.8 Å². The maximum absolute atomic E-state index is 12.3. The smallest absolute Gasteiger partial charge is 0.343 e. The average molecular weight is 348 g/mol. The molecule has 0 aliphatic rings. The molecule has 1 amide bonds. The fourth-order valence-corrected chi connectivity index (χ4v) is 2.43. The summed E-state index contributed by atoms with van der Waals surface area (Å²) in [5.41, 5.74) is 17.2. The number of ether oxygens (including phenoxy) is 1. The van der Waals surface area contributed by atoms with Crippen molar-refractivity contribution >= 4 is 34.3 Å². The van der Waals surface area contributed by atoms with E-state index in [0.717, 1.165) is 10.8 Å². The van der Waals surface area contributed by atoms with Crippen molar-refractivity contribution < 1.29 is 14.3 Å². The maximum Gasteiger partial charge on any atom is 0.343 e. The quantitative estimate of drug-likeness (QED) is 0.287. The Morgan fingerprint density at radius 2 is 1.38 bits per heavy atom. The highest BCUT2D eigenvalue weighted by atomic mass is 16.5. The van der Waals surface area contributed by atoms with Crippen LogP contribution in [-0.4, -0.2) is 17.8 Å². The Morgan fingerprint density at radius 3 is 2.04 bits per heavy atom. The number of primary amides is 1. The molecule has 3 aromatic carbocycles. The topological polar surface area (TPSA) is 134 Å². The Bertz CT molecular complexity index is 1020. The third-order valence-electron chi connectivity index (χ3n) is 3.67. The highest BCUT2D eigenvalue weighted by Crippen LogP contribution is 2.23. The molecular formula is C19H16N4O3. The molecule has 0 unspecified atom stereocenters. The highest BCUT2D eigenvalue weighted by Gasteiger charge is 2.10. The van der Waals surface area contributed by atoms with Gasteiger partial charge in [0.05, 0.1) is 11.3 Å². The van der Waals surface area contributed by atoms with Gasteiger partial charge in [0.2, 0.25) is 5.91 Å². The minimum absolute atomic E-state index is 0.0593. The molecule has 7 heteroatoms. The number of amides is 1. The van der Waals surface area contributed by atoms with Crippen LogP contribution in [0.1, 0.15) is 20.7 Å². The van der Waals surface area contributed by atoms with Crippen LogP contribution in [-0.2, 0) is 0 Å².